The van der Waals surface area contributed by atoms with Crippen LogP contribution in [0.4, 0.5) is 5.69 Å². The molecule has 2 aromatic carbocycles. The van der Waals surface area contributed by atoms with Gasteiger partial charge in [-0.3, -0.25) is 13.8 Å². The number of rotatable bonds is 9. The zero-order valence-corrected chi connectivity index (χ0v) is 19.4. The number of hydrogen-bond donors (Lipinski definition) is 1. The lowest BCUT2D eigenvalue weighted by Crippen LogP contribution is -2.33. The van der Waals surface area contributed by atoms with E-state index >= 15 is 0 Å². The highest BCUT2D eigenvalue weighted by molar-refractivity contribution is 7.84. The van der Waals surface area contributed by atoms with Gasteiger partial charge in [-0.1, -0.05) is 18.2 Å². The van der Waals surface area contributed by atoms with Crippen LogP contribution >= 0.6 is 0 Å². The van der Waals surface area contributed by atoms with Crippen LogP contribution in [0.15, 0.2) is 36.4 Å². The van der Waals surface area contributed by atoms with Crippen molar-refractivity contribution in [2.24, 2.45) is 5.92 Å². The number of nitrogens with zero attached hydrogens (tertiary/aromatic N) is 1. The Morgan fingerprint density at radius 1 is 1.25 bits per heavy atom. The van der Waals surface area contributed by atoms with Gasteiger partial charge in [0, 0.05) is 35.3 Å². The smallest absolute Gasteiger partial charge is 0.257 e. The van der Waals surface area contributed by atoms with Crippen molar-refractivity contribution in [1.29, 1.82) is 0 Å². The summed E-state index contributed by atoms with van der Waals surface area (Å²) in [6.45, 7) is 2.75. The second-order valence-corrected chi connectivity index (χ2v) is 9.61. The summed E-state index contributed by atoms with van der Waals surface area (Å²) in [7, 11) is 0.440. The van der Waals surface area contributed by atoms with Gasteiger partial charge in [0.15, 0.2) is 11.5 Å². The molecule has 0 saturated heterocycles. The Hall–Kier alpha value is -2.87. The van der Waals surface area contributed by atoms with Gasteiger partial charge in [-0.25, -0.2) is 0 Å². The molecule has 1 aliphatic heterocycles. The molecule has 32 heavy (non-hydrogen) atoms. The summed E-state index contributed by atoms with van der Waals surface area (Å²) in [5.41, 5.74) is 2.75. The molecule has 0 radical (unpaired) electrons. The molecule has 2 aromatic rings. The molecule has 1 unspecified atom stereocenters. The van der Waals surface area contributed by atoms with Crippen molar-refractivity contribution in [2.75, 3.05) is 31.0 Å². The largest absolute Gasteiger partial charge is 0.493 e. The molecule has 1 heterocycles. The van der Waals surface area contributed by atoms with Crippen LogP contribution in [0.1, 0.15) is 47.3 Å². The van der Waals surface area contributed by atoms with Crippen LogP contribution in [0.2, 0.25) is 0 Å². The van der Waals surface area contributed by atoms with Gasteiger partial charge in [-0.15, -0.1) is 0 Å². The quantitative estimate of drug-likeness (QED) is 0.624. The molecule has 0 aromatic heterocycles. The molecule has 1 aliphatic carbocycles. The zero-order chi connectivity index (χ0) is 22.8. The minimum atomic E-state index is -1.14. The lowest BCUT2D eigenvalue weighted by molar-refractivity contribution is -0.117. The maximum absolute atomic E-state index is 13.5. The van der Waals surface area contributed by atoms with Crippen molar-refractivity contribution in [3.05, 3.63) is 53.1 Å². The third-order valence-corrected chi connectivity index (χ3v) is 6.60. The monoisotopic (exact) mass is 456 g/mol. The Kier molecular flexibility index (Phi) is 6.50. The first-order valence-electron chi connectivity index (χ1n) is 10.8. The van der Waals surface area contributed by atoms with Crippen LogP contribution < -0.4 is 14.8 Å². The molecule has 1 N–H and O–H groups in total. The number of amides is 2. The molecule has 0 bridgehead atoms. The maximum Gasteiger partial charge on any atom is 0.257 e. The second-order valence-electron chi connectivity index (χ2n) is 8.14. The summed E-state index contributed by atoms with van der Waals surface area (Å²) in [5.74, 6) is 1.32. The molecule has 8 heteroatoms. The van der Waals surface area contributed by atoms with Crippen LogP contribution in [0, 0.1) is 5.92 Å². The summed E-state index contributed by atoms with van der Waals surface area (Å²) < 4.78 is 23.3. The van der Waals surface area contributed by atoms with E-state index in [2.05, 4.69) is 5.32 Å². The molecule has 2 amide bonds. The third-order valence-electron chi connectivity index (χ3n) is 5.81. The summed E-state index contributed by atoms with van der Waals surface area (Å²) in [6.07, 6.45) is 3.42. The predicted molar refractivity (Wildman–Crippen MR) is 124 cm³/mol. The SMILES string of the molecule is CCOc1cc([C@@H](CS(C)=O)N2Cc3cccc(NC(=O)C4CC4)c3C2=O)ccc1OC. The van der Waals surface area contributed by atoms with Crippen LogP contribution in [0.25, 0.3) is 0 Å². The zero-order valence-electron chi connectivity index (χ0n) is 18.6. The first-order chi connectivity index (χ1) is 15.4. The average molecular weight is 457 g/mol. The van der Waals surface area contributed by atoms with Crippen LogP contribution in [0.3, 0.4) is 0 Å². The minimum Gasteiger partial charge on any atom is -0.493 e. The Labute approximate surface area is 190 Å². The molecule has 1 fully saturated rings. The van der Waals surface area contributed by atoms with E-state index < -0.39 is 16.8 Å². The van der Waals surface area contributed by atoms with Crippen molar-refractivity contribution in [3.8, 4) is 11.5 Å². The van der Waals surface area contributed by atoms with E-state index in [1.807, 2.05) is 31.2 Å². The van der Waals surface area contributed by atoms with Gasteiger partial charge in [0.2, 0.25) is 5.91 Å². The molecule has 1 saturated carbocycles. The maximum atomic E-state index is 13.5. The average Bonchev–Trinajstić information content (AvgIpc) is 3.56. The molecule has 2 aliphatic rings. The summed E-state index contributed by atoms with van der Waals surface area (Å²) in [5, 5.41) is 2.93. The van der Waals surface area contributed by atoms with Gasteiger partial charge in [-0.05, 0) is 49.1 Å². The van der Waals surface area contributed by atoms with Crippen molar-refractivity contribution in [3.63, 3.8) is 0 Å². The van der Waals surface area contributed by atoms with Crippen molar-refractivity contribution >= 4 is 28.3 Å². The molecule has 0 spiro atoms. The fourth-order valence-electron chi connectivity index (χ4n) is 4.08. The molecule has 170 valence electrons. The Morgan fingerprint density at radius 3 is 2.69 bits per heavy atom. The fourth-order valence-corrected chi connectivity index (χ4v) is 4.89. The van der Waals surface area contributed by atoms with Crippen LogP contribution in [-0.4, -0.2) is 46.6 Å². The summed E-state index contributed by atoms with van der Waals surface area (Å²) >= 11 is 0. The summed E-state index contributed by atoms with van der Waals surface area (Å²) in [4.78, 5) is 27.6. The van der Waals surface area contributed by atoms with E-state index in [-0.39, 0.29) is 17.7 Å². The van der Waals surface area contributed by atoms with E-state index in [1.165, 1.54) is 0 Å². The van der Waals surface area contributed by atoms with Gasteiger partial charge in [0.05, 0.1) is 31.0 Å². The van der Waals surface area contributed by atoms with Gasteiger partial charge in [-0.2, -0.15) is 0 Å². The number of carbonyl (C=O) groups excluding carboxylic acids is 2. The Bertz CT molecular complexity index is 1070. The minimum absolute atomic E-state index is 0.0348. The molecular weight excluding hydrogens is 428 g/mol. The Balaban J connectivity index is 1.67. The van der Waals surface area contributed by atoms with E-state index in [0.29, 0.717) is 41.7 Å². The number of carbonyl (C=O) groups is 2. The normalized spacial score (nSPS) is 17.0. The van der Waals surface area contributed by atoms with E-state index in [4.69, 9.17) is 9.47 Å². The standard InChI is InChI=1S/C24H28N2O5S/c1-4-31-21-12-16(10-11-20(21)30-2)19(14-32(3)29)26-13-17-6-5-7-18(22(17)24(26)28)25-23(27)15-8-9-15/h5-7,10-12,15,19H,4,8-9,13-14H2,1-3H3,(H,25,27)/t19-,32?/m1/s1. The van der Waals surface area contributed by atoms with Gasteiger partial charge in [0.25, 0.3) is 5.91 Å². The van der Waals surface area contributed by atoms with Crippen LogP contribution in [0.5, 0.6) is 11.5 Å². The highest BCUT2D eigenvalue weighted by Gasteiger charge is 2.37. The number of nitrogens with one attached hydrogen (secondary N) is 1. The molecular formula is C24H28N2O5S. The van der Waals surface area contributed by atoms with E-state index in [0.717, 1.165) is 24.0 Å². The number of methoxy groups -OCH3 is 1. The van der Waals surface area contributed by atoms with Crippen LogP contribution in [-0.2, 0) is 22.1 Å². The van der Waals surface area contributed by atoms with E-state index in [1.54, 1.807) is 30.4 Å². The van der Waals surface area contributed by atoms with Gasteiger partial charge >= 0.3 is 0 Å². The third kappa shape index (κ3) is 4.50. The predicted octanol–water partition coefficient (Wildman–Crippen LogP) is 3.52. The van der Waals surface area contributed by atoms with Gasteiger partial charge < -0.3 is 19.7 Å². The first kappa shape index (κ1) is 22.3. The Morgan fingerprint density at radius 2 is 2.03 bits per heavy atom. The highest BCUT2D eigenvalue weighted by Crippen LogP contribution is 2.39. The van der Waals surface area contributed by atoms with E-state index in [9.17, 15) is 13.8 Å². The molecule has 7 nitrogen and oxygen atoms in total. The number of benzene rings is 2. The lowest BCUT2D eigenvalue weighted by Gasteiger charge is -2.28. The second kappa shape index (κ2) is 9.32. The highest BCUT2D eigenvalue weighted by atomic mass is 32.2. The number of ether oxygens (including phenoxy) is 2. The molecule has 4 rings (SSSR count). The summed E-state index contributed by atoms with van der Waals surface area (Å²) in [6, 6.07) is 10.7. The van der Waals surface area contributed by atoms with Crippen molar-refractivity contribution < 1.29 is 23.3 Å². The van der Waals surface area contributed by atoms with Crippen molar-refractivity contribution in [1.82, 2.24) is 4.90 Å². The first-order valence-corrected chi connectivity index (χ1v) is 12.5. The lowest BCUT2D eigenvalue weighted by atomic mass is 10.1. The fraction of sp³-hybridized carbons (Fsp3) is 0.417. The topological polar surface area (TPSA) is 84.9 Å². The number of hydrogen-bond acceptors (Lipinski definition) is 5. The van der Waals surface area contributed by atoms with Gasteiger partial charge in [0.1, 0.15) is 0 Å². The number of anilines is 1. The molecule has 2 atom stereocenters. The van der Waals surface area contributed by atoms with Crippen molar-refractivity contribution in [2.45, 2.75) is 32.4 Å². The number of fused-ring (bicyclic) bond motifs is 1.